The zero-order chi connectivity index (χ0) is 16.6. The lowest BCUT2D eigenvalue weighted by molar-refractivity contribution is -0.236. The fraction of sp³-hybridized carbons (Fsp3) is 0.300. The van der Waals surface area contributed by atoms with Gasteiger partial charge in [0.25, 0.3) is 0 Å². The fourth-order valence-electron chi connectivity index (χ4n) is 3.84. The van der Waals surface area contributed by atoms with Gasteiger partial charge in [-0.05, 0) is 17.5 Å². The van der Waals surface area contributed by atoms with Crippen molar-refractivity contribution in [2.75, 3.05) is 6.54 Å². The van der Waals surface area contributed by atoms with E-state index >= 15 is 0 Å². The molecule has 0 spiro atoms. The summed E-state index contributed by atoms with van der Waals surface area (Å²) in [4.78, 5) is 26.5. The Morgan fingerprint density at radius 3 is 2.25 bits per heavy atom. The molecule has 4 heteroatoms. The topological polar surface area (TPSA) is 46.6 Å². The van der Waals surface area contributed by atoms with E-state index in [0.29, 0.717) is 19.4 Å². The second kappa shape index (κ2) is 5.78. The van der Waals surface area contributed by atoms with Crippen molar-refractivity contribution in [1.29, 1.82) is 0 Å². The van der Waals surface area contributed by atoms with Crippen molar-refractivity contribution in [2.45, 2.75) is 30.9 Å². The first-order valence-electron chi connectivity index (χ1n) is 8.33. The van der Waals surface area contributed by atoms with Crippen LogP contribution in [-0.2, 0) is 20.7 Å². The van der Waals surface area contributed by atoms with Crippen molar-refractivity contribution in [3.05, 3.63) is 71.8 Å². The highest BCUT2D eigenvalue weighted by Gasteiger charge is 2.62. The van der Waals surface area contributed by atoms with E-state index in [1.165, 1.54) is 0 Å². The Labute approximate surface area is 141 Å². The van der Waals surface area contributed by atoms with Gasteiger partial charge < -0.3 is 9.64 Å². The molecule has 2 saturated heterocycles. The molecule has 2 aliphatic heterocycles. The van der Waals surface area contributed by atoms with Crippen molar-refractivity contribution in [2.24, 2.45) is 0 Å². The summed E-state index contributed by atoms with van der Waals surface area (Å²) in [7, 11) is 0. The molecule has 0 bridgehead atoms. The molecular formula is C20H19NO3. The van der Waals surface area contributed by atoms with E-state index < -0.39 is 11.6 Å². The van der Waals surface area contributed by atoms with Crippen LogP contribution in [-0.4, -0.2) is 29.0 Å². The third-order valence-corrected chi connectivity index (χ3v) is 4.93. The van der Waals surface area contributed by atoms with Crippen LogP contribution in [0.2, 0.25) is 0 Å². The van der Waals surface area contributed by atoms with Crippen LogP contribution in [0.25, 0.3) is 0 Å². The maximum atomic E-state index is 12.4. The summed E-state index contributed by atoms with van der Waals surface area (Å²) >= 11 is 0. The highest BCUT2D eigenvalue weighted by atomic mass is 16.6. The van der Waals surface area contributed by atoms with Crippen LogP contribution in [0.15, 0.2) is 60.7 Å². The molecule has 2 fully saturated rings. The summed E-state index contributed by atoms with van der Waals surface area (Å²) in [6, 6.07) is 19.5. The molecule has 1 amide bonds. The van der Waals surface area contributed by atoms with Gasteiger partial charge in [-0.1, -0.05) is 60.7 Å². The van der Waals surface area contributed by atoms with Gasteiger partial charge in [0.15, 0.2) is 0 Å². The van der Waals surface area contributed by atoms with E-state index in [0.717, 1.165) is 17.5 Å². The molecule has 24 heavy (non-hydrogen) atoms. The zero-order valence-corrected chi connectivity index (χ0v) is 13.4. The average molecular weight is 321 g/mol. The van der Waals surface area contributed by atoms with Crippen LogP contribution in [0, 0.1) is 0 Å². The van der Waals surface area contributed by atoms with E-state index in [-0.39, 0.29) is 11.9 Å². The largest absolute Gasteiger partial charge is 0.436 e. The maximum absolute atomic E-state index is 12.4. The Hall–Kier alpha value is -2.62. The number of ether oxygens (including phenoxy) is 1. The first-order chi connectivity index (χ1) is 11.7. The second-order valence-corrected chi connectivity index (χ2v) is 6.42. The Kier molecular flexibility index (Phi) is 3.60. The van der Waals surface area contributed by atoms with Crippen molar-refractivity contribution < 1.29 is 14.3 Å². The van der Waals surface area contributed by atoms with Gasteiger partial charge in [0.05, 0.1) is 0 Å². The molecule has 2 aromatic rings. The summed E-state index contributed by atoms with van der Waals surface area (Å²) < 4.78 is 5.72. The van der Waals surface area contributed by atoms with Crippen molar-refractivity contribution in [3.8, 4) is 0 Å². The van der Waals surface area contributed by atoms with Crippen molar-refractivity contribution in [3.63, 3.8) is 0 Å². The molecule has 0 radical (unpaired) electrons. The molecule has 122 valence electrons. The molecule has 0 aliphatic carbocycles. The minimum atomic E-state index is -0.895. The standard InChI is InChI=1S/C20H19NO3/c22-17-12-7-13-21(17)20(14-15-8-3-1-4-9-15)18(19(23)24-20)16-10-5-2-6-11-16/h1-6,8-11,18H,7,12-14H2/t18-,20-/m1/s1. The summed E-state index contributed by atoms with van der Waals surface area (Å²) in [5, 5.41) is 0. The van der Waals surface area contributed by atoms with Crippen LogP contribution < -0.4 is 0 Å². The van der Waals surface area contributed by atoms with Gasteiger partial charge in [-0.3, -0.25) is 9.59 Å². The predicted molar refractivity (Wildman–Crippen MR) is 89.1 cm³/mol. The maximum Gasteiger partial charge on any atom is 0.321 e. The van der Waals surface area contributed by atoms with Gasteiger partial charge in [-0.2, -0.15) is 0 Å². The SMILES string of the molecule is O=C1O[C@@](Cc2ccccc2)(N2CCCC2=O)[C@@H]1c1ccccc1. The first-order valence-corrected chi connectivity index (χ1v) is 8.33. The molecular weight excluding hydrogens is 302 g/mol. The fourth-order valence-corrected chi connectivity index (χ4v) is 3.84. The smallest absolute Gasteiger partial charge is 0.321 e. The average Bonchev–Trinajstić information content (AvgIpc) is 3.02. The van der Waals surface area contributed by atoms with E-state index in [9.17, 15) is 9.59 Å². The summed E-state index contributed by atoms with van der Waals surface area (Å²) in [5.41, 5.74) is 1.07. The van der Waals surface area contributed by atoms with E-state index in [2.05, 4.69) is 0 Å². The van der Waals surface area contributed by atoms with Gasteiger partial charge in [0.2, 0.25) is 11.6 Å². The van der Waals surface area contributed by atoms with Crippen LogP contribution in [0.3, 0.4) is 0 Å². The van der Waals surface area contributed by atoms with Gasteiger partial charge in [0, 0.05) is 19.4 Å². The zero-order valence-electron chi connectivity index (χ0n) is 13.4. The number of cyclic esters (lactones) is 1. The van der Waals surface area contributed by atoms with Gasteiger partial charge in [-0.25, -0.2) is 0 Å². The molecule has 0 aromatic heterocycles. The van der Waals surface area contributed by atoms with Crippen LogP contribution in [0.4, 0.5) is 0 Å². The van der Waals surface area contributed by atoms with Crippen LogP contribution >= 0.6 is 0 Å². The number of benzene rings is 2. The Balaban J connectivity index is 1.76. The van der Waals surface area contributed by atoms with E-state index in [4.69, 9.17) is 4.74 Å². The summed E-state index contributed by atoms with van der Waals surface area (Å²) in [6.45, 7) is 0.641. The number of hydrogen-bond acceptors (Lipinski definition) is 3. The van der Waals surface area contributed by atoms with Gasteiger partial charge >= 0.3 is 5.97 Å². The Morgan fingerprint density at radius 2 is 1.67 bits per heavy atom. The number of esters is 1. The van der Waals surface area contributed by atoms with Gasteiger partial charge in [-0.15, -0.1) is 0 Å². The molecule has 2 atom stereocenters. The summed E-state index contributed by atoms with van der Waals surface area (Å²) in [6.07, 6.45) is 1.86. The number of nitrogens with zero attached hydrogens (tertiary/aromatic N) is 1. The predicted octanol–water partition coefficient (Wildman–Crippen LogP) is 2.89. The van der Waals surface area contributed by atoms with Crippen molar-refractivity contribution in [1.82, 2.24) is 4.90 Å². The lowest BCUT2D eigenvalue weighted by Gasteiger charge is -2.52. The third-order valence-electron chi connectivity index (χ3n) is 4.93. The Bertz CT molecular complexity index is 759. The van der Waals surface area contributed by atoms with Crippen LogP contribution in [0.5, 0.6) is 0 Å². The molecule has 2 aromatic carbocycles. The molecule has 0 saturated carbocycles. The monoisotopic (exact) mass is 321 g/mol. The van der Waals surface area contributed by atoms with Gasteiger partial charge in [0.1, 0.15) is 5.92 Å². The number of hydrogen-bond donors (Lipinski definition) is 0. The highest BCUT2D eigenvalue weighted by Crippen LogP contribution is 2.48. The minimum Gasteiger partial charge on any atom is -0.436 e. The lowest BCUT2D eigenvalue weighted by Crippen LogP contribution is -2.67. The number of carbonyl (C=O) groups is 2. The minimum absolute atomic E-state index is 0.0689. The molecule has 4 nitrogen and oxygen atoms in total. The summed E-state index contributed by atoms with van der Waals surface area (Å²) in [5.74, 6) is -0.614. The third kappa shape index (κ3) is 2.30. The Morgan fingerprint density at radius 1 is 1.00 bits per heavy atom. The second-order valence-electron chi connectivity index (χ2n) is 6.42. The molecule has 2 aliphatic rings. The molecule has 4 rings (SSSR count). The molecule has 2 heterocycles. The highest BCUT2D eigenvalue weighted by molar-refractivity contribution is 5.89. The van der Waals surface area contributed by atoms with Crippen LogP contribution in [0.1, 0.15) is 29.9 Å². The first kappa shape index (κ1) is 14.9. The van der Waals surface area contributed by atoms with E-state index in [1.54, 1.807) is 4.90 Å². The number of likely N-dealkylation sites (tertiary alicyclic amines) is 1. The molecule has 0 N–H and O–H groups in total. The molecule has 0 unspecified atom stereocenters. The number of rotatable bonds is 4. The van der Waals surface area contributed by atoms with E-state index in [1.807, 2.05) is 60.7 Å². The number of amides is 1. The quantitative estimate of drug-likeness (QED) is 0.814. The lowest BCUT2D eigenvalue weighted by atomic mass is 9.78. The van der Waals surface area contributed by atoms with Crippen molar-refractivity contribution >= 4 is 11.9 Å². The number of carbonyl (C=O) groups excluding carboxylic acids is 2. The normalized spacial score (nSPS) is 26.2.